The van der Waals surface area contributed by atoms with Crippen LogP contribution < -0.4 is 5.32 Å². The Balaban J connectivity index is 2.49. The summed E-state index contributed by atoms with van der Waals surface area (Å²) in [5, 5.41) is 10.9. The largest absolute Gasteiger partial charge is 0.395 e. The van der Waals surface area contributed by atoms with Crippen LogP contribution in [0.3, 0.4) is 0 Å². The van der Waals surface area contributed by atoms with Crippen molar-refractivity contribution in [3.63, 3.8) is 0 Å². The van der Waals surface area contributed by atoms with Crippen LogP contribution in [0.5, 0.6) is 0 Å². The molecule has 2 N–H and O–H groups in total. The Morgan fingerprint density at radius 3 is 2.50 bits per heavy atom. The van der Waals surface area contributed by atoms with Gasteiger partial charge >= 0.3 is 0 Å². The molecule has 1 aliphatic rings. The lowest BCUT2D eigenvalue weighted by molar-refractivity contribution is -0.152. The van der Waals surface area contributed by atoms with Crippen molar-refractivity contribution in [1.29, 1.82) is 0 Å². The van der Waals surface area contributed by atoms with Crippen LogP contribution in [-0.2, 0) is 14.4 Å². The standard InChI is InChI=1S/C10H16N2O4/c1-7-4-9(15)12(10(16)5-7)6-8(14)11-2-3-13/h7,13H,2-6H2,1H3,(H,11,14). The second kappa shape index (κ2) is 5.60. The molecular weight excluding hydrogens is 212 g/mol. The second-order valence-corrected chi connectivity index (χ2v) is 3.96. The Morgan fingerprint density at radius 2 is 2.00 bits per heavy atom. The van der Waals surface area contributed by atoms with Gasteiger partial charge in [-0.2, -0.15) is 0 Å². The molecule has 90 valence electrons. The van der Waals surface area contributed by atoms with Gasteiger partial charge in [0.2, 0.25) is 17.7 Å². The number of hydrogen-bond donors (Lipinski definition) is 2. The highest BCUT2D eigenvalue weighted by atomic mass is 16.3. The number of rotatable bonds is 4. The molecule has 0 unspecified atom stereocenters. The Kier molecular flexibility index (Phi) is 4.42. The van der Waals surface area contributed by atoms with Gasteiger partial charge in [0.25, 0.3) is 0 Å². The molecule has 0 aromatic heterocycles. The predicted molar refractivity (Wildman–Crippen MR) is 55.2 cm³/mol. The maximum absolute atomic E-state index is 11.5. The number of hydrogen-bond acceptors (Lipinski definition) is 4. The van der Waals surface area contributed by atoms with E-state index >= 15 is 0 Å². The number of aliphatic hydroxyl groups excluding tert-OH is 1. The normalized spacial score (nSPS) is 17.8. The SMILES string of the molecule is CC1CC(=O)N(CC(=O)NCCO)C(=O)C1. The zero-order chi connectivity index (χ0) is 12.1. The first-order valence-corrected chi connectivity index (χ1v) is 5.25. The van der Waals surface area contributed by atoms with Crippen molar-refractivity contribution in [1.82, 2.24) is 10.2 Å². The minimum atomic E-state index is -0.426. The summed E-state index contributed by atoms with van der Waals surface area (Å²) in [6.45, 7) is 1.56. The van der Waals surface area contributed by atoms with Crippen molar-refractivity contribution < 1.29 is 19.5 Å². The Morgan fingerprint density at radius 1 is 1.44 bits per heavy atom. The molecule has 1 heterocycles. The Labute approximate surface area is 93.6 Å². The zero-order valence-corrected chi connectivity index (χ0v) is 9.23. The highest BCUT2D eigenvalue weighted by Gasteiger charge is 2.31. The first-order valence-electron chi connectivity index (χ1n) is 5.25. The number of carbonyl (C=O) groups is 3. The number of carbonyl (C=O) groups excluding carboxylic acids is 3. The van der Waals surface area contributed by atoms with E-state index in [1.807, 2.05) is 6.92 Å². The van der Waals surface area contributed by atoms with Gasteiger partial charge < -0.3 is 10.4 Å². The van der Waals surface area contributed by atoms with Crippen LogP contribution in [-0.4, -0.2) is 47.4 Å². The number of amides is 3. The molecule has 0 atom stereocenters. The van der Waals surface area contributed by atoms with Gasteiger partial charge in [-0.3, -0.25) is 19.3 Å². The van der Waals surface area contributed by atoms with E-state index in [-0.39, 0.29) is 37.4 Å². The molecule has 0 aromatic carbocycles. The summed E-state index contributed by atoms with van der Waals surface area (Å²) in [7, 11) is 0. The molecule has 6 nitrogen and oxygen atoms in total. The minimum Gasteiger partial charge on any atom is -0.395 e. The lowest BCUT2D eigenvalue weighted by Crippen LogP contribution is -2.48. The smallest absolute Gasteiger partial charge is 0.240 e. The first-order chi connectivity index (χ1) is 7.54. The maximum Gasteiger partial charge on any atom is 0.240 e. The highest BCUT2D eigenvalue weighted by molar-refractivity contribution is 6.01. The van der Waals surface area contributed by atoms with Gasteiger partial charge in [-0.05, 0) is 5.92 Å². The van der Waals surface area contributed by atoms with Crippen molar-refractivity contribution in [3.05, 3.63) is 0 Å². The molecule has 6 heteroatoms. The molecule has 1 fully saturated rings. The third-order valence-electron chi connectivity index (χ3n) is 2.38. The topological polar surface area (TPSA) is 86.7 Å². The van der Waals surface area contributed by atoms with E-state index in [2.05, 4.69) is 5.32 Å². The lowest BCUT2D eigenvalue weighted by atomic mass is 9.98. The summed E-state index contributed by atoms with van der Waals surface area (Å²) < 4.78 is 0. The first kappa shape index (κ1) is 12.6. The molecule has 16 heavy (non-hydrogen) atoms. The van der Waals surface area contributed by atoms with Gasteiger partial charge in [-0.25, -0.2) is 0 Å². The van der Waals surface area contributed by atoms with Crippen LogP contribution >= 0.6 is 0 Å². The van der Waals surface area contributed by atoms with E-state index in [0.29, 0.717) is 12.8 Å². The minimum absolute atomic E-state index is 0.0525. The van der Waals surface area contributed by atoms with E-state index in [0.717, 1.165) is 4.90 Å². The summed E-state index contributed by atoms with van der Waals surface area (Å²) >= 11 is 0. The van der Waals surface area contributed by atoms with E-state index in [1.54, 1.807) is 0 Å². The van der Waals surface area contributed by atoms with Crippen molar-refractivity contribution in [2.45, 2.75) is 19.8 Å². The fraction of sp³-hybridized carbons (Fsp3) is 0.700. The summed E-state index contributed by atoms with van der Waals surface area (Å²) in [6.07, 6.45) is 0.609. The summed E-state index contributed by atoms with van der Waals surface area (Å²) in [4.78, 5) is 35.3. The molecule has 0 radical (unpaired) electrons. The molecule has 3 amide bonds. The average molecular weight is 228 g/mol. The quantitative estimate of drug-likeness (QED) is 0.597. The van der Waals surface area contributed by atoms with Crippen LogP contribution in [0.25, 0.3) is 0 Å². The van der Waals surface area contributed by atoms with Crippen LogP contribution in [0, 0.1) is 5.92 Å². The molecule has 0 saturated carbocycles. The van der Waals surface area contributed by atoms with Crippen LogP contribution in [0.4, 0.5) is 0 Å². The van der Waals surface area contributed by atoms with Gasteiger partial charge in [0, 0.05) is 19.4 Å². The van der Waals surface area contributed by atoms with Crippen molar-refractivity contribution in [3.8, 4) is 0 Å². The number of imide groups is 1. The van der Waals surface area contributed by atoms with Crippen molar-refractivity contribution in [2.75, 3.05) is 19.7 Å². The number of nitrogens with zero attached hydrogens (tertiary/aromatic N) is 1. The van der Waals surface area contributed by atoms with Crippen LogP contribution in [0.2, 0.25) is 0 Å². The van der Waals surface area contributed by atoms with Gasteiger partial charge in [0.05, 0.1) is 6.61 Å². The average Bonchev–Trinajstić information content (AvgIpc) is 2.20. The van der Waals surface area contributed by atoms with E-state index < -0.39 is 5.91 Å². The zero-order valence-electron chi connectivity index (χ0n) is 9.23. The van der Waals surface area contributed by atoms with Gasteiger partial charge in [0.1, 0.15) is 6.54 Å². The van der Waals surface area contributed by atoms with Gasteiger partial charge in [-0.1, -0.05) is 6.92 Å². The van der Waals surface area contributed by atoms with Crippen LogP contribution in [0.1, 0.15) is 19.8 Å². The van der Waals surface area contributed by atoms with Crippen LogP contribution in [0.15, 0.2) is 0 Å². The highest BCUT2D eigenvalue weighted by Crippen LogP contribution is 2.18. The third kappa shape index (κ3) is 3.30. The van der Waals surface area contributed by atoms with Gasteiger partial charge in [-0.15, -0.1) is 0 Å². The van der Waals surface area contributed by atoms with Crippen molar-refractivity contribution in [2.24, 2.45) is 5.92 Å². The summed E-state index contributed by atoms with van der Waals surface area (Å²) in [5.74, 6) is -0.979. The Bertz CT molecular complexity index is 285. The van der Waals surface area contributed by atoms with E-state index in [9.17, 15) is 14.4 Å². The summed E-state index contributed by atoms with van der Waals surface area (Å²) in [5.41, 5.74) is 0. The number of aliphatic hydroxyl groups is 1. The lowest BCUT2D eigenvalue weighted by Gasteiger charge is -2.27. The number of piperidine rings is 1. The Hall–Kier alpha value is -1.43. The molecule has 1 aliphatic heterocycles. The number of nitrogens with one attached hydrogen (secondary N) is 1. The maximum atomic E-state index is 11.5. The van der Waals surface area contributed by atoms with E-state index in [1.165, 1.54) is 0 Å². The van der Waals surface area contributed by atoms with Gasteiger partial charge in [0.15, 0.2) is 0 Å². The monoisotopic (exact) mass is 228 g/mol. The molecule has 0 aromatic rings. The number of likely N-dealkylation sites (tertiary alicyclic amines) is 1. The van der Waals surface area contributed by atoms with Crippen molar-refractivity contribution >= 4 is 17.7 Å². The molecule has 1 rings (SSSR count). The molecule has 0 spiro atoms. The molecule has 0 bridgehead atoms. The third-order valence-corrected chi connectivity index (χ3v) is 2.38. The molecule has 0 aliphatic carbocycles. The molecule has 1 saturated heterocycles. The fourth-order valence-electron chi connectivity index (χ4n) is 1.60. The van der Waals surface area contributed by atoms with E-state index in [4.69, 9.17) is 5.11 Å². The second-order valence-electron chi connectivity index (χ2n) is 3.96. The fourth-order valence-corrected chi connectivity index (χ4v) is 1.60. The predicted octanol–water partition coefficient (Wildman–Crippen LogP) is -1.12. The molecular formula is C10H16N2O4. The summed E-state index contributed by atoms with van der Waals surface area (Å²) in [6, 6.07) is 0.